The number of nitrogens with one attached hydrogen (secondary N) is 1. The molecule has 0 spiro atoms. The normalized spacial score (nSPS) is 21.9. The Kier molecular flexibility index (Phi) is 4.30. The van der Waals surface area contributed by atoms with E-state index in [0.29, 0.717) is 17.1 Å². The predicted molar refractivity (Wildman–Crippen MR) is 70.8 cm³/mol. The van der Waals surface area contributed by atoms with Gasteiger partial charge in [0.05, 0.1) is 11.1 Å². The zero-order valence-corrected chi connectivity index (χ0v) is 11.3. The molecule has 5 heteroatoms. The van der Waals surface area contributed by atoms with Gasteiger partial charge in [0.15, 0.2) is 0 Å². The van der Waals surface area contributed by atoms with Gasteiger partial charge in [-0.15, -0.1) is 0 Å². The Hall–Kier alpha value is -1.00. The molecule has 2 rings (SSSR count). The van der Waals surface area contributed by atoms with Crippen LogP contribution in [0.2, 0.25) is 5.02 Å². The van der Waals surface area contributed by atoms with Crippen molar-refractivity contribution in [2.75, 3.05) is 6.54 Å². The molecule has 0 radical (unpaired) electrons. The molecule has 1 aliphatic rings. The van der Waals surface area contributed by atoms with Crippen LogP contribution >= 0.6 is 11.6 Å². The third-order valence-corrected chi connectivity index (χ3v) is 3.60. The van der Waals surface area contributed by atoms with Gasteiger partial charge in [0, 0.05) is 18.8 Å². The Bertz CT molecular complexity index is 417. The molecule has 0 aromatic carbocycles. The smallest absolute Gasteiger partial charge is 0.270 e. The monoisotopic (exact) mass is 270 g/mol. The molecular weight excluding hydrogens is 252 g/mol. The minimum atomic E-state index is -0.379. The van der Waals surface area contributed by atoms with Crippen molar-refractivity contribution in [1.82, 2.24) is 9.88 Å². The number of likely N-dealkylation sites (tertiary alicyclic amines) is 1. The number of aliphatic hydroxyl groups excluding tert-OH is 1. The molecule has 0 saturated carbocycles. The molecule has 1 aromatic rings. The van der Waals surface area contributed by atoms with Crippen LogP contribution in [-0.2, 0) is 0 Å². The average Bonchev–Trinajstić information content (AvgIpc) is 2.75. The van der Waals surface area contributed by atoms with Crippen molar-refractivity contribution in [1.29, 1.82) is 0 Å². The maximum absolute atomic E-state index is 12.4. The number of hydrogen-bond donors (Lipinski definition) is 2. The van der Waals surface area contributed by atoms with Gasteiger partial charge in [0.1, 0.15) is 5.69 Å². The van der Waals surface area contributed by atoms with Crippen molar-refractivity contribution in [3.63, 3.8) is 0 Å². The lowest BCUT2D eigenvalue weighted by molar-refractivity contribution is 0.0510. The molecule has 1 amide bonds. The van der Waals surface area contributed by atoms with E-state index in [9.17, 15) is 9.90 Å². The van der Waals surface area contributed by atoms with Gasteiger partial charge in [-0.2, -0.15) is 0 Å². The van der Waals surface area contributed by atoms with Crippen LogP contribution in [0.25, 0.3) is 0 Å². The second kappa shape index (κ2) is 5.76. The first kappa shape index (κ1) is 13.4. The van der Waals surface area contributed by atoms with Gasteiger partial charge in [-0.1, -0.05) is 11.6 Å². The van der Waals surface area contributed by atoms with Gasteiger partial charge in [0.2, 0.25) is 0 Å². The van der Waals surface area contributed by atoms with E-state index in [0.717, 1.165) is 25.8 Å². The third kappa shape index (κ3) is 3.06. The van der Waals surface area contributed by atoms with E-state index < -0.39 is 0 Å². The summed E-state index contributed by atoms with van der Waals surface area (Å²) in [6, 6.07) is 1.78. The highest BCUT2D eigenvalue weighted by Gasteiger charge is 2.28. The fourth-order valence-electron chi connectivity index (χ4n) is 2.55. The Balaban J connectivity index is 2.10. The van der Waals surface area contributed by atoms with E-state index in [1.54, 1.807) is 19.2 Å². The minimum Gasteiger partial charge on any atom is -0.393 e. The van der Waals surface area contributed by atoms with Crippen LogP contribution in [0.5, 0.6) is 0 Å². The molecule has 4 nitrogen and oxygen atoms in total. The molecule has 0 aliphatic carbocycles. The number of H-pyrrole nitrogens is 1. The maximum Gasteiger partial charge on any atom is 0.270 e. The first-order chi connectivity index (χ1) is 8.58. The summed E-state index contributed by atoms with van der Waals surface area (Å²) < 4.78 is 0. The van der Waals surface area contributed by atoms with Crippen molar-refractivity contribution in [2.24, 2.45) is 0 Å². The largest absolute Gasteiger partial charge is 0.393 e. The Morgan fingerprint density at radius 2 is 2.44 bits per heavy atom. The second-order valence-corrected chi connectivity index (χ2v) is 5.40. The number of hydrogen-bond acceptors (Lipinski definition) is 2. The summed E-state index contributed by atoms with van der Waals surface area (Å²) >= 11 is 5.82. The summed E-state index contributed by atoms with van der Waals surface area (Å²) in [5.74, 6) is -0.0211. The predicted octanol–water partition coefficient (Wildman–Crippen LogP) is 2.43. The quantitative estimate of drug-likeness (QED) is 0.886. The summed E-state index contributed by atoms with van der Waals surface area (Å²) in [5.41, 5.74) is 0.525. The van der Waals surface area contributed by atoms with Gasteiger partial charge in [-0.25, -0.2) is 0 Å². The van der Waals surface area contributed by atoms with Crippen LogP contribution in [0.15, 0.2) is 12.3 Å². The Morgan fingerprint density at radius 1 is 1.67 bits per heavy atom. The van der Waals surface area contributed by atoms with Crippen LogP contribution in [0.4, 0.5) is 0 Å². The van der Waals surface area contributed by atoms with E-state index in [1.807, 2.05) is 4.90 Å². The van der Waals surface area contributed by atoms with Gasteiger partial charge in [-0.3, -0.25) is 4.79 Å². The number of nitrogens with zero attached hydrogens (tertiary/aromatic N) is 1. The minimum absolute atomic E-state index is 0.0211. The molecular formula is C13H19ClN2O2. The molecule has 2 heterocycles. The SMILES string of the molecule is C[C@H](O)C[C@H]1CCCCN1C(=O)c1cc(Cl)c[nH]1. The fourth-order valence-corrected chi connectivity index (χ4v) is 2.72. The number of aromatic amines is 1. The van der Waals surface area contributed by atoms with Crippen LogP contribution in [0, 0.1) is 0 Å². The number of piperidine rings is 1. The molecule has 18 heavy (non-hydrogen) atoms. The van der Waals surface area contributed by atoms with Gasteiger partial charge in [0.25, 0.3) is 5.91 Å². The highest BCUT2D eigenvalue weighted by Crippen LogP contribution is 2.23. The van der Waals surface area contributed by atoms with Crippen LogP contribution in [0.3, 0.4) is 0 Å². The molecule has 1 saturated heterocycles. The van der Waals surface area contributed by atoms with Gasteiger partial charge >= 0.3 is 0 Å². The summed E-state index contributed by atoms with van der Waals surface area (Å²) in [7, 11) is 0. The molecule has 0 bridgehead atoms. The lowest BCUT2D eigenvalue weighted by Gasteiger charge is -2.36. The molecule has 2 atom stereocenters. The van der Waals surface area contributed by atoms with E-state index >= 15 is 0 Å². The van der Waals surface area contributed by atoms with Crippen LogP contribution in [0.1, 0.15) is 43.1 Å². The van der Waals surface area contributed by atoms with Gasteiger partial charge in [-0.05, 0) is 38.7 Å². The number of aliphatic hydroxyl groups is 1. The highest BCUT2D eigenvalue weighted by molar-refractivity contribution is 6.30. The fraction of sp³-hybridized carbons (Fsp3) is 0.615. The maximum atomic E-state index is 12.4. The van der Waals surface area contributed by atoms with E-state index in [4.69, 9.17) is 11.6 Å². The van der Waals surface area contributed by atoms with E-state index in [2.05, 4.69) is 4.98 Å². The van der Waals surface area contributed by atoms with Crippen molar-refractivity contribution in [2.45, 2.75) is 44.8 Å². The number of halogens is 1. The van der Waals surface area contributed by atoms with Gasteiger partial charge < -0.3 is 15.0 Å². The standard InChI is InChI=1S/C13H19ClN2O2/c1-9(17)6-11-4-2-3-5-16(11)13(18)12-7-10(14)8-15-12/h7-9,11,15,17H,2-6H2,1H3/t9-,11+/m0/s1. The van der Waals surface area contributed by atoms with Crippen molar-refractivity contribution in [3.05, 3.63) is 23.0 Å². The first-order valence-corrected chi connectivity index (χ1v) is 6.78. The molecule has 1 aliphatic heterocycles. The second-order valence-electron chi connectivity index (χ2n) is 4.96. The molecule has 2 N–H and O–H groups in total. The number of amides is 1. The number of carbonyl (C=O) groups excluding carboxylic acids is 1. The first-order valence-electron chi connectivity index (χ1n) is 6.41. The number of aromatic nitrogens is 1. The summed E-state index contributed by atoms with van der Waals surface area (Å²) in [4.78, 5) is 17.1. The topological polar surface area (TPSA) is 56.3 Å². The zero-order valence-electron chi connectivity index (χ0n) is 10.5. The van der Waals surface area contributed by atoms with Crippen molar-refractivity contribution >= 4 is 17.5 Å². The Morgan fingerprint density at radius 3 is 3.06 bits per heavy atom. The molecule has 1 aromatic heterocycles. The molecule has 1 fully saturated rings. The highest BCUT2D eigenvalue weighted by atomic mass is 35.5. The van der Waals surface area contributed by atoms with Crippen molar-refractivity contribution in [3.8, 4) is 0 Å². The van der Waals surface area contributed by atoms with Crippen molar-refractivity contribution < 1.29 is 9.90 Å². The summed E-state index contributed by atoms with van der Waals surface area (Å²) in [6.45, 7) is 2.52. The molecule has 0 unspecified atom stereocenters. The van der Waals surface area contributed by atoms with Crippen LogP contribution in [-0.4, -0.2) is 39.6 Å². The lowest BCUT2D eigenvalue weighted by Crippen LogP contribution is -2.45. The van der Waals surface area contributed by atoms with Crippen LogP contribution < -0.4 is 0 Å². The number of carbonyl (C=O) groups is 1. The zero-order chi connectivity index (χ0) is 13.1. The third-order valence-electron chi connectivity index (χ3n) is 3.38. The molecule has 100 valence electrons. The van der Waals surface area contributed by atoms with E-state index in [1.165, 1.54) is 0 Å². The van der Waals surface area contributed by atoms with E-state index in [-0.39, 0.29) is 18.1 Å². The number of rotatable bonds is 3. The lowest BCUT2D eigenvalue weighted by atomic mass is 9.97. The summed E-state index contributed by atoms with van der Waals surface area (Å²) in [6.07, 6.45) is 4.98. The Labute approximate surface area is 112 Å². The summed E-state index contributed by atoms with van der Waals surface area (Å²) in [5, 5.41) is 10.1. The average molecular weight is 271 g/mol.